The van der Waals surface area contributed by atoms with E-state index in [4.69, 9.17) is 5.73 Å². The minimum absolute atomic E-state index is 0.0271. The van der Waals surface area contributed by atoms with Crippen molar-refractivity contribution in [3.05, 3.63) is 35.9 Å². The van der Waals surface area contributed by atoms with Gasteiger partial charge in [-0.05, 0) is 18.4 Å². The highest BCUT2D eigenvalue weighted by Gasteiger charge is 2.26. The van der Waals surface area contributed by atoms with Crippen molar-refractivity contribution >= 4 is 11.8 Å². The SMILES string of the molecule is C1CNCCN1.NC(=O)C(NC(=O)C1CCCCC1)c1ccccc1. The van der Waals surface area contributed by atoms with Crippen molar-refractivity contribution in [3.63, 3.8) is 0 Å². The van der Waals surface area contributed by atoms with Crippen LogP contribution in [-0.2, 0) is 9.59 Å². The summed E-state index contributed by atoms with van der Waals surface area (Å²) in [4.78, 5) is 23.7. The first-order valence-electron chi connectivity index (χ1n) is 9.24. The highest BCUT2D eigenvalue weighted by molar-refractivity contribution is 5.88. The molecule has 1 aliphatic carbocycles. The number of rotatable bonds is 4. The number of hydrogen-bond acceptors (Lipinski definition) is 4. The van der Waals surface area contributed by atoms with E-state index in [0.29, 0.717) is 0 Å². The fourth-order valence-electron chi connectivity index (χ4n) is 3.19. The Hall–Kier alpha value is -1.92. The Morgan fingerprint density at radius 2 is 1.52 bits per heavy atom. The van der Waals surface area contributed by atoms with Crippen molar-refractivity contribution in [2.45, 2.75) is 38.1 Å². The lowest BCUT2D eigenvalue weighted by atomic mass is 9.88. The summed E-state index contributed by atoms with van der Waals surface area (Å²) >= 11 is 0. The summed E-state index contributed by atoms with van der Waals surface area (Å²) in [6, 6.07) is 8.41. The molecule has 2 amide bonds. The summed E-state index contributed by atoms with van der Waals surface area (Å²) in [5.74, 6) is -0.540. The largest absolute Gasteiger partial charge is 0.368 e. The van der Waals surface area contributed by atoms with Gasteiger partial charge in [0.25, 0.3) is 0 Å². The zero-order valence-electron chi connectivity index (χ0n) is 14.8. The Kier molecular flexibility index (Phi) is 8.42. The van der Waals surface area contributed by atoms with E-state index >= 15 is 0 Å². The summed E-state index contributed by atoms with van der Waals surface area (Å²) < 4.78 is 0. The molecule has 5 N–H and O–H groups in total. The predicted molar refractivity (Wildman–Crippen MR) is 98.8 cm³/mol. The molecule has 1 saturated carbocycles. The van der Waals surface area contributed by atoms with Crippen molar-refractivity contribution in [3.8, 4) is 0 Å². The Labute approximate surface area is 149 Å². The van der Waals surface area contributed by atoms with Gasteiger partial charge in [0.1, 0.15) is 6.04 Å². The highest BCUT2D eigenvalue weighted by Crippen LogP contribution is 2.24. The normalized spacial score (nSPS) is 19.2. The molecular formula is C19H30N4O2. The summed E-state index contributed by atoms with van der Waals surface area (Å²) in [5, 5.41) is 9.23. The Morgan fingerprint density at radius 3 is 2.00 bits per heavy atom. The van der Waals surface area contributed by atoms with Crippen LogP contribution in [0, 0.1) is 5.92 Å². The summed E-state index contributed by atoms with van der Waals surface area (Å²) in [5.41, 5.74) is 6.13. The highest BCUT2D eigenvalue weighted by atomic mass is 16.2. The molecule has 2 fully saturated rings. The lowest BCUT2D eigenvalue weighted by Crippen LogP contribution is -2.40. The van der Waals surface area contributed by atoms with E-state index in [2.05, 4.69) is 16.0 Å². The molecule has 0 radical (unpaired) electrons. The molecule has 3 rings (SSSR count). The van der Waals surface area contributed by atoms with Crippen molar-refractivity contribution in [2.75, 3.05) is 26.2 Å². The van der Waals surface area contributed by atoms with Gasteiger partial charge in [0, 0.05) is 32.1 Å². The lowest BCUT2D eigenvalue weighted by Gasteiger charge is -2.23. The molecule has 1 aliphatic heterocycles. The van der Waals surface area contributed by atoms with Gasteiger partial charge in [0.15, 0.2) is 0 Å². The van der Waals surface area contributed by atoms with Gasteiger partial charge < -0.3 is 21.7 Å². The molecule has 138 valence electrons. The number of amides is 2. The van der Waals surface area contributed by atoms with Crippen LogP contribution < -0.4 is 21.7 Å². The maximum atomic E-state index is 12.2. The molecule has 0 bridgehead atoms. The van der Waals surface area contributed by atoms with E-state index < -0.39 is 11.9 Å². The van der Waals surface area contributed by atoms with Gasteiger partial charge in [0.2, 0.25) is 11.8 Å². The van der Waals surface area contributed by atoms with Crippen molar-refractivity contribution in [1.29, 1.82) is 0 Å². The van der Waals surface area contributed by atoms with Gasteiger partial charge in [0.05, 0.1) is 0 Å². The molecule has 1 heterocycles. The van der Waals surface area contributed by atoms with Crippen LogP contribution in [0.4, 0.5) is 0 Å². The van der Waals surface area contributed by atoms with Crippen LogP contribution in [-0.4, -0.2) is 38.0 Å². The molecule has 6 heteroatoms. The van der Waals surface area contributed by atoms with Crippen LogP contribution in [0.3, 0.4) is 0 Å². The number of primary amides is 1. The monoisotopic (exact) mass is 346 g/mol. The number of nitrogens with two attached hydrogens (primary N) is 1. The molecule has 1 unspecified atom stereocenters. The fourth-order valence-corrected chi connectivity index (χ4v) is 3.19. The molecule has 1 aromatic carbocycles. The van der Waals surface area contributed by atoms with E-state index in [9.17, 15) is 9.59 Å². The van der Waals surface area contributed by atoms with E-state index in [1.54, 1.807) is 12.1 Å². The van der Waals surface area contributed by atoms with E-state index in [0.717, 1.165) is 57.4 Å². The number of hydrogen-bond donors (Lipinski definition) is 4. The van der Waals surface area contributed by atoms with Gasteiger partial charge >= 0.3 is 0 Å². The van der Waals surface area contributed by atoms with Gasteiger partial charge in [-0.1, -0.05) is 49.6 Å². The van der Waals surface area contributed by atoms with Gasteiger partial charge in [-0.3, -0.25) is 9.59 Å². The summed E-state index contributed by atoms with van der Waals surface area (Å²) in [7, 11) is 0. The van der Waals surface area contributed by atoms with Crippen LogP contribution in [0.15, 0.2) is 30.3 Å². The van der Waals surface area contributed by atoms with Crippen LogP contribution in [0.5, 0.6) is 0 Å². The topological polar surface area (TPSA) is 96.2 Å². The third kappa shape index (κ3) is 6.84. The van der Waals surface area contributed by atoms with Crippen LogP contribution in [0.1, 0.15) is 43.7 Å². The zero-order valence-corrected chi connectivity index (χ0v) is 14.8. The third-order valence-electron chi connectivity index (χ3n) is 4.64. The minimum atomic E-state index is -0.726. The lowest BCUT2D eigenvalue weighted by molar-refractivity contribution is -0.130. The zero-order chi connectivity index (χ0) is 17.9. The fraction of sp³-hybridized carbons (Fsp3) is 0.579. The second kappa shape index (κ2) is 10.8. The molecule has 2 aliphatic rings. The molecule has 0 aromatic heterocycles. The van der Waals surface area contributed by atoms with E-state index in [1.807, 2.05) is 18.2 Å². The van der Waals surface area contributed by atoms with E-state index in [1.165, 1.54) is 6.42 Å². The summed E-state index contributed by atoms with van der Waals surface area (Å²) in [6.45, 7) is 4.56. The predicted octanol–water partition coefficient (Wildman–Crippen LogP) is 1.09. The second-order valence-electron chi connectivity index (χ2n) is 6.59. The molecular weight excluding hydrogens is 316 g/mol. The average Bonchev–Trinajstić information content (AvgIpc) is 2.69. The Balaban J connectivity index is 0.000000316. The van der Waals surface area contributed by atoms with Crippen LogP contribution in [0.25, 0.3) is 0 Å². The maximum absolute atomic E-state index is 12.2. The third-order valence-corrected chi connectivity index (χ3v) is 4.64. The maximum Gasteiger partial charge on any atom is 0.244 e. The Bertz CT molecular complexity index is 514. The van der Waals surface area contributed by atoms with Crippen molar-refractivity contribution in [2.24, 2.45) is 11.7 Å². The Morgan fingerprint density at radius 1 is 0.960 bits per heavy atom. The first-order chi connectivity index (χ1) is 12.2. The summed E-state index contributed by atoms with van der Waals surface area (Å²) in [6.07, 6.45) is 5.19. The number of carbonyl (C=O) groups excluding carboxylic acids is 2. The number of nitrogens with one attached hydrogen (secondary N) is 3. The van der Waals surface area contributed by atoms with E-state index in [-0.39, 0.29) is 11.8 Å². The molecule has 6 nitrogen and oxygen atoms in total. The van der Waals surface area contributed by atoms with Crippen molar-refractivity contribution < 1.29 is 9.59 Å². The first-order valence-corrected chi connectivity index (χ1v) is 9.24. The second-order valence-corrected chi connectivity index (χ2v) is 6.59. The van der Waals surface area contributed by atoms with Gasteiger partial charge in [-0.15, -0.1) is 0 Å². The quantitative estimate of drug-likeness (QED) is 0.656. The number of carbonyl (C=O) groups is 2. The van der Waals surface area contributed by atoms with Gasteiger partial charge in [-0.25, -0.2) is 0 Å². The first kappa shape index (κ1) is 19.4. The van der Waals surface area contributed by atoms with Crippen LogP contribution >= 0.6 is 0 Å². The molecule has 1 saturated heterocycles. The standard InChI is InChI=1S/C15H20N2O2.C4H10N2/c16-14(18)13(11-7-3-1-4-8-11)17-15(19)12-9-5-2-6-10-12;1-2-6-4-3-5-1/h1,3-4,7-8,12-13H,2,5-6,9-10H2,(H2,16,18)(H,17,19);5-6H,1-4H2. The molecule has 25 heavy (non-hydrogen) atoms. The smallest absolute Gasteiger partial charge is 0.244 e. The van der Waals surface area contributed by atoms with Gasteiger partial charge in [-0.2, -0.15) is 0 Å². The number of benzene rings is 1. The molecule has 1 atom stereocenters. The minimum Gasteiger partial charge on any atom is -0.368 e. The molecule has 1 aromatic rings. The van der Waals surface area contributed by atoms with Crippen molar-refractivity contribution in [1.82, 2.24) is 16.0 Å². The van der Waals surface area contributed by atoms with Crippen LogP contribution in [0.2, 0.25) is 0 Å². The molecule has 0 spiro atoms. The average molecular weight is 346 g/mol. The number of piperazine rings is 1.